The van der Waals surface area contributed by atoms with Gasteiger partial charge in [-0.2, -0.15) is 0 Å². The van der Waals surface area contributed by atoms with Gasteiger partial charge in [-0.3, -0.25) is 10.1 Å². The van der Waals surface area contributed by atoms with Gasteiger partial charge in [0.25, 0.3) is 5.69 Å². The van der Waals surface area contributed by atoms with Crippen LogP contribution in [0.5, 0.6) is 0 Å². The molecule has 1 aromatic carbocycles. The van der Waals surface area contributed by atoms with Crippen molar-refractivity contribution in [3.63, 3.8) is 0 Å². The standard InChI is InChI=1S/C11H13NO5S/c1-7-9(12(16)17)5-8(11(14)15)6-10(7)18-4-2-3-13/h5-6,13H,2-4H2,1H3,(H,14,15). The highest BCUT2D eigenvalue weighted by Gasteiger charge is 2.19. The number of nitrogens with zero attached hydrogens (tertiary/aromatic N) is 1. The Bertz CT molecular complexity index is 475. The van der Waals surface area contributed by atoms with Crippen LogP contribution in [0.25, 0.3) is 0 Å². The first-order valence-corrected chi connectivity index (χ1v) is 6.22. The average molecular weight is 271 g/mol. The zero-order chi connectivity index (χ0) is 13.7. The summed E-state index contributed by atoms with van der Waals surface area (Å²) in [5, 5.41) is 28.4. The first-order chi connectivity index (χ1) is 8.47. The number of rotatable bonds is 6. The van der Waals surface area contributed by atoms with Crippen LogP contribution >= 0.6 is 11.8 Å². The number of carboxylic acid groups (broad SMARTS) is 1. The van der Waals surface area contributed by atoms with Crippen LogP contribution in [-0.4, -0.2) is 33.5 Å². The summed E-state index contributed by atoms with van der Waals surface area (Å²) in [6.45, 7) is 1.62. The highest BCUT2D eigenvalue weighted by molar-refractivity contribution is 7.99. The Kier molecular flexibility index (Phi) is 5.11. The number of thioether (sulfide) groups is 1. The van der Waals surface area contributed by atoms with Crippen molar-refractivity contribution in [1.29, 1.82) is 0 Å². The molecule has 0 aliphatic carbocycles. The maximum absolute atomic E-state index is 10.9. The number of benzene rings is 1. The van der Waals surface area contributed by atoms with Crippen molar-refractivity contribution in [1.82, 2.24) is 0 Å². The molecule has 0 saturated carbocycles. The topological polar surface area (TPSA) is 101 Å². The van der Waals surface area contributed by atoms with Crippen LogP contribution in [-0.2, 0) is 0 Å². The molecule has 0 aliphatic heterocycles. The second-order valence-electron chi connectivity index (χ2n) is 3.61. The van der Waals surface area contributed by atoms with Gasteiger partial charge in [0.2, 0.25) is 0 Å². The van der Waals surface area contributed by atoms with E-state index in [-0.39, 0.29) is 17.9 Å². The van der Waals surface area contributed by atoms with Crippen LogP contribution in [0.1, 0.15) is 22.3 Å². The van der Waals surface area contributed by atoms with Gasteiger partial charge in [-0.15, -0.1) is 11.8 Å². The molecule has 0 bridgehead atoms. The van der Waals surface area contributed by atoms with Crippen LogP contribution in [0.3, 0.4) is 0 Å². The van der Waals surface area contributed by atoms with Crippen molar-refractivity contribution in [3.8, 4) is 0 Å². The van der Waals surface area contributed by atoms with E-state index in [1.165, 1.54) is 17.8 Å². The van der Waals surface area contributed by atoms with E-state index >= 15 is 0 Å². The van der Waals surface area contributed by atoms with Crippen molar-refractivity contribution in [2.24, 2.45) is 0 Å². The summed E-state index contributed by atoms with van der Waals surface area (Å²) in [5.41, 5.74) is 0.160. The van der Waals surface area contributed by atoms with E-state index in [1.54, 1.807) is 6.92 Å². The molecule has 6 nitrogen and oxygen atoms in total. The Hall–Kier alpha value is -1.60. The average Bonchev–Trinajstić information content (AvgIpc) is 2.30. The van der Waals surface area contributed by atoms with Gasteiger partial charge in [0, 0.05) is 28.9 Å². The van der Waals surface area contributed by atoms with Gasteiger partial charge in [0.05, 0.1) is 10.5 Å². The molecule has 0 fully saturated rings. The maximum atomic E-state index is 10.9. The maximum Gasteiger partial charge on any atom is 0.335 e. The van der Waals surface area contributed by atoms with Gasteiger partial charge >= 0.3 is 5.97 Å². The number of nitro benzene ring substituents is 1. The summed E-state index contributed by atoms with van der Waals surface area (Å²) in [6, 6.07) is 2.49. The minimum atomic E-state index is -1.19. The molecule has 0 aliphatic rings. The summed E-state index contributed by atoms with van der Waals surface area (Å²) in [5.74, 6) is -0.612. The molecule has 0 amide bonds. The monoisotopic (exact) mass is 271 g/mol. The first kappa shape index (κ1) is 14.5. The number of carbonyl (C=O) groups is 1. The fraction of sp³-hybridized carbons (Fsp3) is 0.364. The number of aliphatic hydroxyl groups excluding tert-OH is 1. The van der Waals surface area contributed by atoms with E-state index in [2.05, 4.69) is 0 Å². The van der Waals surface area contributed by atoms with Gasteiger partial charge in [-0.05, 0) is 19.4 Å². The van der Waals surface area contributed by atoms with E-state index in [0.29, 0.717) is 22.6 Å². The molecule has 0 atom stereocenters. The number of aliphatic hydroxyl groups is 1. The zero-order valence-electron chi connectivity index (χ0n) is 9.75. The summed E-state index contributed by atoms with van der Waals surface area (Å²) in [4.78, 5) is 21.7. The summed E-state index contributed by atoms with van der Waals surface area (Å²) in [6.07, 6.45) is 0.551. The van der Waals surface area contributed by atoms with Crippen molar-refractivity contribution in [2.45, 2.75) is 18.2 Å². The molecule has 0 saturated heterocycles. The second-order valence-corrected chi connectivity index (χ2v) is 4.74. The van der Waals surface area contributed by atoms with Gasteiger partial charge in [0.15, 0.2) is 0 Å². The minimum Gasteiger partial charge on any atom is -0.478 e. The molecule has 0 aromatic heterocycles. The lowest BCUT2D eigenvalue weighted by Gasteiger charge is -2.07. The molecular weight excluding hydrogens is 258 g/mol. The van der Waals surface area contributed by atoms with Gasteiger partial charge in [0.1, 0.15) is 0 Å². The summed E-state index contributed by atoms with van der Waals surface area (Å²) < 4.78 is 0. The smallest absolute Gasteiger partial charge is 0.335 e. The Morgan fingerprint density at radius 1 is 1.50 bits per heavy atom. The van der Waals surface area contributed by atoms with Crippen LogP contribution in [0, 0.1) is 17.0 Å². The highest BCUT2D eigenvalue weighted by atomic mass is 32.2. The van der Waals surface area contributed by atoms with Crippen LogP contribution in [0.2, 0.25) is 0 Å². The molecule has 0 spiro atoms. The SMILES string of the molecule is Cc1c(SCCCO)cc(C(=O)O)cc1[N+](=O)[O-]. The zero-order valence-corrected chi connectivity index (χ0v) is 10.6. The van der Waals surface area contributed by atoms with Crippen molar-refractivity contribution < 1.29 is 19.9 Å². The number of hydrogen-bond acceptors (Lipinski definition) is 5. The molecule has 7 heteroatoms. The molecule has 1 rings (SSSR count). The lowest BCUT2D eigenvalue weighted by Crippen LogP contribution is -2.01. The molecule has 18 heavy (non-hydrogen) atoms. The van der Waals surface area contributed by atoms with Gasteiger partial charge < -0.3 is 10.2 Å². The Morgan fingerprint density at radius 2 is 2.17 bits per heavy atom. The van der Waals surface area contributed by atoms with E-state index in [9.17, 15) is 14.9 Å². The Balaban J connectivity index is 3.14. The third-order valence-electron chi connectivity index (χ3n) is 2.34. The Labute approximate surface area is 108 Å². The third kappa shape index (κ3) is 3.44. The van der Waals surface area contributed by atoms with Crippen LogP contribution < -0.4 is 0 Å². The molecule has 1 aromatic rings. The summed E-state index contributed by atoms with van der Waals surface area (Å²) in [7, 11) is 0. The highest BCUT2D eigenvalue weighted by Crippen LogP contribution is 2.31. The third-order valence-corrected chi connectivity index (χ3v) is 3.56. The predicted octanol–water partition coefficient (Wildman–Crippen LogP) is 2.08. The quantitative estimate of drug-likeness (QED) is 0.355. The number of aromatic carboxylic acids is 1. The molecule has 2 N–H and O–H groups in total. The molecule has 0 heterocycles. The Morgan fingerprint density at radius 3 is 2.67 bits per heavy atom. The van der Waals surface area contributed by atoms with Gasteiger partial charge in [-0.1, -0.05) is 0 Å². The van der Waals surface area contributed by atoms with Crippen molar-refractivity contribution in [2.75, 3.05) is 12.4 Å². The lowest BCUT2D eigenvalue weighted by atomic mass is 10.1. The summed E-state index contributed by atoms with van der Waals surface area (Å²) >= 11 is 1.31. The number of hydrogen-bond donors (Lipinski definition) is 2. The van der Waals surface area contributed by atoms with E-state index < -0.39 is 10.9 Å². The van der Waals surface area contributed by atoms with E-state index in [0.717, 1.165) is 6.07 Å². The fourth-order valence-electron chi connectivity index (χ4n) is 1.38. The van der Waals surface area contributed by atoms with E-state index in [1.807, 2.05) is 0 Å². The number of nitro groups is 1. The first-order valence-electron chi connectivity index (χ1n) is 5.23. The van der Waals surface area contributed by atoms with Gasteiger partial charge in [-0.25, -0.2) is 4.79 Å². The van der Waals surface area contributed by atoms with Crippen molar-refractivity contribution >= 4 is 23.4 Å². The number of carboxylic acids is 1. The minimum absolute atomic E-state index is 0.0345. The van der Waals surface area contributed by atoms with E-state index in [4.69, 9.17) is 10.2 Å². The molecule has 0 unspecified atom stereocenters. The van der Waals surface area contributed by atoms with Crippen LogP contribution in [0.4, 0.5) is 5.69 Å². The van der Waals surface area contributed by atoms with Crippen molar-refractivity contribution in [3.05, 3.63) is 33.4 Å². The second kappa shape index (κ2) is 6.36. The lowest BCUT2D eigenvalue weighted by molar-refractivity contribution is -0.385. The normalized spacial score (nSPS) is 10.3. The molecule has 98 valence electrons. The largest absolute Gasteiger partial charge is 0.478 e. The molecular formula is C11H13NO5S. The predicted molar refractivity (Wildman–Crippen MR) is 67.2 cm³/mol. The fourth-order valence-corrected chi connectivity index (χ4v) is 2.41. The van der Waals surface area contributed by atoms with Crippen LogP contribution in [0.15, 0.2) is 17.0 Å². The molecule has 0 radical (unpaired) electrons.